The van der Waals surface area contributed by atoms with E-state index in [1.807, 2.05) is 0 Å². The molecule has 0 unspecified atom stereocenters. The van der Waals surface area contributed by atoms with Crippen LogP contribution in [0.5, 0.6) is 0 Å². The molecule has 0 saturated carbocycles. The molecule has 2 rings (SSSR count). The Kier molecular flexibility index (Phi) is 3.74. The minimum atomic E-state index is -4.48. The molecule has 3 nitrogen and oxygen atoms in total. The molecule has 0 spiro atoms. The Morgan fingerprint density at radius 1 is 1.15 bits per heavy atom. The number of hydrogen-bond donors (Lipinski definition) is 1. The van der Waals surface area contributed by atoms with Crippen molar-refractivity contribution in [2.24, 2.45) is 0 Å². The second kappa shape index (κ2) is 5.32. The summed E-state index contributed by atoms with van der Waals surface area (Å²) in [5.41, 5.74) is 0.548. The van der Waals surface area contributed by atoms with Crippen LogP contribution in [0.4, 0.5) is 19.0 Å². The molecule has 1 N–H and O–H groups in total. The van der Waals surface area contributed by atoms with E-state index in [-0.39, 0.29) is 5.82 Å². The third-order valence-corrected chi connectivity index (χ3v) is 2.81. The molecule has 2 aromatic rings. The van der Waals surface area contributed by atoms with Crippen LogP contribution >= 0.6 is 0 Å². The zero-order valence-corrected chi connectivity index (χ0v) is 10.5. The smallest absolute Gasteiger partial charge is 0.373 e. The van der Waals surface area contributed by atoms with Gasteiger partial charge in [0.2, 0.25) is 0 Å². The summed E-state index contributed by atoms with van der Waals surface area (Å²) in [7, 11) is 1.39. The van der Waals surface area contributed by atoms with Gasteiger partial charge in [0.05, 0.1) is 5.56 Å². The number of carbonyl (C=O) groups is 1. The molecule has 0 aliphatic heterocycles. The Labute approximate surface area is 113 Å². The van der Waals surface area contributed by atoms with Crippen molar-refractivity contribution in [2.45, 2.75) is 6.18 Å². The number of nitrogens with one attached hydrogen (secondary N) is 1. The van der Waals surface area contributed by atoms with Crippen LogP contribution in [0.1, 0.15) is 15.9 Å². The van der Waals surface area contributed by atoms with Crippen molar-refractivity contribution in [3.8, 4) is 11.1 Å². The highest BCUT2D eigenvalue weighted by Gasteiger charge is 2.34. The number of pyridine rings is 1. The van der Waals surface area contributed by atoms with E-state index in [2.05, 4.69) is 10.3 Å². The molecule has 0 aliphatic rings. The average Bonchev–Trinajstić information content (AvgIpc) is 2.46. The van der Waals surface area contributed by atoms with Crippen molar-refractivity contribution in [2.75, 3.05) is 12.4 Å². The summed E-state index contributed by atoms with van der Waals surface area (Å²) in [6, 6.07) is 7.29. The lowest BCUT2D eigenvalue weighted by atomic mass is 10.0. The van der Waals surface area contributed by atoms with Gasteiger partial charge >= 0.3 is 6.18 Å². The van der Waals surface area contributed by atoms with Gasteiger partial charge in [0, 0.05) is 24.4 Å². The molecule has 104 valence electrons. The van der Waals surface area contributed by atoms with Gasteiger partial charge in [-0.3, -0.25) is 4.79 Å². The second-order valence-corrected chi connectivity index (χ2v) is 4.11. The number of benzene rings is 1. The Morgan fingerprint density at radius 2 is 1.80 bits per heavy atom. The van der Waals surface area contributed by atoms with E-state index in [4.69, 9.17) is 0 Å². The molecule has 0 amide bonds. The van der Waals surface area contributed by atoms with E-state index < -0.39 is 11.7 Å². The summed E-state index contributed by atoms with van der Waals surface area (Å²) in [6.45, 7) is 0. The van der Waals surface area contributed by atoms with Gasteiger partial charge in [-0.1, -0.05) is 24.3 Å². The van der Waals surface area contributed by atoms with Gasteiger partial charge in [0.15, 0.2) is 0 Å². The highest BCUT2D eigenvalue weighted by atomic mass is 19.4. The summed E-state index contributed by atoms with van der Waals surface area (Å²) in [5.74, 6) is -0.217. The standard InChI is InChI=1S/C14H11F3N2O/c1-18-13-12(14(15,16)17)6-11(7-19-13)10-4-2-9(8-20)3-5-10/h2-8H,1H3,(H,18,19). The SMILES string of the molecule is CNc1ncc(-c2ccc(C=O)cc2)cc1C(F)(F)F. The van der Waals surface area contributed by atoms with Crippen LogP contribution in [-0.2, 0) is 6.18 Å². The summed E-state index contributed by atoms with van der Waals surface area (Å²) < 4.78 is 38.8. The van der Waals surface area contributed by atoms with E-state index in [1.54, 1.807) is 24.3 Å². The molecule has 1 aromatic heterocycles. The van der Waals surface area contributed by atoms with Crippen molar-refractivity contribution in [1.82, 2.24) is 4.98 Å². The minimum absolute atomic E-state index is 0.217. The Hall–Kier alpha value is -2.37. The number of hydrogen-bond acceptors (Lipinski definition) is 3. The molecule has 0 aliphatic carbocycles. The Balaban J connectivity index is 2.49. The van der Waals surface area contributed by atoms with Crippen LogP contribution in [0.2, 0.25) is 0 Å². The molecule has 0 radical (unpaired) electrons. The molecule has 0 bridgehead atoms. The predicted molar refractivity (Wildman–Crippen MR) is 69.6 cm³/mol. The fourth-order valence-electron chi connectivity index (χ4n) is 1.79. The van der Waals surface area contributed by atoms with E-state index >= 15 is 0 Å². The number of anilines is 1. The van der Waals surface area contributed by atoms with Gasteiger partial charge in [-0.25, -0.2) is 4.98 Å². The highest BCUT2D eigenvalue weighted by Crippen LogP contribution is 2.36. The lowest BCUT2D eigenvalue weighted by molar-refractivity contribution is -0.137. The maximum absolute atomic E-state index is 12.9. The number of halogens is 3. The minimum Gasteiger partial charge on any atom is -0.373 e. The topological polar surface area (TPSA) is 42.0 Å². The number of aromatic nitrogens is 1. The molecule has 1 aromatic carbocycles. The van der Waals surface area contributed by atoms with Gasteiger partial charge in [-0.15, -0.1) is 0 Å². The van der Waals surface area contributed by atoms with Crippen LogP contribution in [0, 0.1) is 0 Å². The van der Waals surface area contributed by atoms with E-state index in [9.17, 15) is 18.0 Å². The molecule has 0 atom stereocenters. The lowest BCUT2D eigenvalue weighted by Gasteiger charge is -2.13. The quantitative estimate of drug-likeness (QED) is 0.873. The van der Waals surface area contributed by atoms with Gasteiger partial charge < -0.3 is 5.32 Å². The summed E-state index contributed by atoms with van der Waals surface area (Å²) >= 11 is 0. The Bertz CT molecular complexity index is 621. The summed E-state index contributed by atoms with van der Waals surface area (Å²) in [6.07, 6.45) is -2.45. The largest absolute Gasteiger partial charge is 0.419 e. The maximum atomic E-state index is 12.9. The van der Waals surface area contributed by atoms with E-state index in [0.29, 0.717) is 23.0 Å². The highest BCUT2D eigenvalue weighted by molar-refractivity contribution is 5.77. The van der Waals surface area contributed by atoms with Gasteiger partial charge in [0.1, 0.15) is 12.1 Å². The second-order valence-electron chi connectivity index (χ2n) is 4.11. The first kappa shape index (κ1) is 14.0. The number of carbonyl (C=O) groups excluding carboxylic acids is 1. The van der Waals surface area contributed by atoms with Gasteiger partial charge in [-0.05, 0) is 11.6 Å². The number of rotatable bonds is 3. The summed E-state index contributed by atoms with van der Waals surface area (Å²) in [5, 5.41) is 2.42. The lowest BCUT2D eigenvalue weighted by Crippen LogP contribution is -2.10. The third kappa shape index (κ3) is 2.79. The van der Waals surface area contributed by atoms with E-state index in [1.165, 1.54) is 13.2 Å². The van der Waals surface area contributed by atoms with Crippen molar-refractivity contribution in [3.05, 3.63) is 47.7 Å². The molecule has 0 saturated heterocycles. The first-order chi connectivity index (χ1) is 9.45. The van der Waals surface area contributed by atoms with Crippen molar-refractivity contribution >= 4 is 12.1 Å². The van der Waals surface area contributed by atoms with Crippen LogP contribution in [0.3, 0.4) is 0 Å². The van der Waals surface area contributed by atoms with Crippen LogP contribution < -0.4 is 5.32 Å². The predicted octanol–water partition coefficient (Wildman–Crippen LogP) is 3.62. The zero-order valence-electron chi connectivity index (χ0n) is 10.5. The van der Waals surface area contributed by atoms with Crippen LogP contribution in [0.25, 0.3) is 11.1 Å². The van der Waals surface area contributed by atoms with Crippen LogP contribution in [-0.4, -0.2) is 18.3 Å². The Morgan fingerprint density at radius 3 is 2.30 bits per heavy atom. The molecule has 6 heteroatoms. The third-order valence-electron chi connectivity index (χ3n) is 2.81. The first-order valence-electron chi connectivity index (χ1n) is 5.76. The van der Waals surface area contributed by atoms with Crippen LogP contribution in [0.15, 0.2) is 36.5 Å². The van der Waals surface area contributed by atoms with Gasteiger partial charge in [-0.2, -0.15) is 13.2 Å². The zero-order chi connectivity index (χ0) is 14.8. The fourth-order valence-corrected chi connectivity index (χ4v) is 1.79. The van der Waals surface area contributed by atoms with Crippen molar-refractivity contribution in [3.63, 3.8) is 0 Å². The fraction of sp³-hybridized carbons (Fsp3) is 0.143. The molecule has 1 heterocycles. The number of aldehydes is 1. The molecule has 20 heavy (non-hydrogen) atoms. The van der Waals surface area contributed by atoms with Gasteiger partial charge in [0.25, 0.3) is 0 Å². The molecular formula is C14H11F3N2O. The first-order valence-corrected chi connectivity index (χ1v) is 5.76. The maximum Gasteiger partial charge on any atom is 0.419 e. The normalized spacial score (nSPS) is 11.2. The summed E-state index contributed by atoms with van der Waals surface area (Å²) in [4.78, 5) is 14.3. The number of nitrogens with zero attached hydrogens (tertiary/aromatic N) is 1. The van der Waals surface area contributed by atoms with Crippen molar-refractivity contribution in [1.29, 1.82) is 0 Å². The monoisotopic (exact) mass is 280 g/mol. The number of alkyl halides is 3. The average molecular weight is 280 g/mol. The molecular weight excluding hydrogens is 269 g/mol. The molecule has 0 fully saturated rings. The van der Waals surface area contributed by atoms with Crippen molar-refractivity contribution < 1.29 is 18.0 Å². The van der Waals surface area contributed by atoms with E-state index in [0.717, 1.165) is 6.07 Å².